The average molecular weight is 469 g/mol. The number of rotatable bonds is 7. The first-order valence-corrected chi connectivity index (χ1v) is 10.7. The molecule has 33 heavy (non-hydrogen) atoms. The highest BCUT2D eigenvalue weighted by Gasteiger charge is 2.34. The number of benzene rings is 2. The van der Waals surface area contributed by atoms with Crippen LogP contribution in [0.4, 0.5) is 5.69 Å². The Hall–Kier alpha value is -3.72. The molecular formula is C24H24N2O6S. The summed E-state index contributed by atoms with van der Waals surface area (Å²) in [6.45, 7) is 7.38. The zero-order chi connectivity index (χ0) is 24.3. The smallest absolute Gasteiger partial charge is 0.344 e. The number of hydrogen-bond acceptors (Lipinski definition) is 6. The highest BCUT2D eigenvalue weighted by molar-refractivity contribution is 7.80. The van der Waals surface area contributed by atoms with Crippen LogP contribution in [0.2, 0.25) is 0 Å². The van der Waals surface area contributed by atoms with Crippen LogP contribution in [0.5, 0.6) is 11.5 Å². The van der Waals surface area contributed by atoms with Gasteiger partial charge in [-0.3, -0.25) is 19.8 Å². The fraction of sp³-hybridized carbons (Fsp3) is 0.250. The van der Waals surface area contributed by atoms with Crippen molar-refractivity contribution in [1.29, 1.82) is 0 Å². The van der Waals surface area contributed by atoms with Gasteiger partial charge in [-0.05, 0) is 86.9 Å². The Bertz CT molecular complexity index is 1170. The fourth-order valence-electron chi connectivity index (χ4n) is 3.14. The Labute approximate surface area is 196 Å². The van der Waals surface area contributed by atoms with Gasteiger partial charge < -0.3 is 14.6 Å². The van der Waals surface area contributed by atoms with Crippen molar-refractivity contribution in [2.24, 2.45) is 0 Å². The normalized spacial score (nSPS) is 15.9. The summed E-state index contributed by atoms with van der Waals surface area (Å²) in [5, 5.41) is 11.7. The average Bonchev–Trinajstić information content (AvgIpc) is 2.75. The molecular weight excluding hydrogens is 444 g/mol. The lowest BCUT2D eigenvalue weighted by atomic mass is 10.0. The predicted octanol–water partition coefficient (Wildman–Crippen LogP) is 3.39. The molecule has 9 heteroatoms. The lowest BCUT2D eigenvalue weighted by molar-refractivity contribution is -0.144. The first-order chi connectivity index (χ1) is 15.6. The topological polar surface area (TPSA) is 105 Å². The monoisotopic (exact) mass is 468 g/mol. The van der Waals surface area contributed by atoms with Gasteiger partial charge in [0.05, 0.1) is 12.3 Å². The molecule has 0 aromatic heterocycles. The number of hydrogen-bond donors (Lipinski definition) is 2. The van der Waals surface area contributed by atoms with Gasteiger partial charge >= 0.3 is 5.97 Å². The molecule has 1 heterocycles. The molecule has 8 nitrogen and oxygen atoms in total. The summed E-state index contributed by atoms with van der Waals surface area (Å²) in [5.41, 5.74) is 3.01. The Morgan fingerprint density at radius 1 is 1.15 bits per heavy atom. The second-order valence-electron chi connectivity index (χ2n) is 7.46. The van der Waals surface area contributed by atoms with E-state index in [2.05, 4.69) is 5.32 Å². The molecule has 0 bridgehead atoms. The highest BCUT2D eigenvalue weighted by atomic mass is 32.1. The maximum Gasteiger partial charge on any atom is 0.344 e. The molecule has 3 rings (SSSR count). The lowest BCUT2D eigenvalue weighted by Gasteiger charge is -2.29. The molecule has 0 radical (unpaired) electrons. The number of aryl methyl sites for hydroxylation is 2. The third kappa shape index (κ3) is 5.20. The van der Waals surface area contributed by atoms with Gasteiger partial charge in [0.15, 0.2) is 22.7 Å². The zero-order valence-corrected chi connectivity index (χ0v) is 19.5. The van der Waals surface area contributed by atoms with Crippen LogP contribution in [0.25, 0.3) is 6.08 Å². The summed E-state index contributed by atoms with van der Waals surface area (Å²) >= 11 is 5.25. The van der Waals surface area contributed by atoms with Crippen molar-refractivity contribution in [3.05, 3.63) is 58.7 Å². The molecule has 2 N–H and O–H groups in total. The lowest BCUT2D eigenvalue weighted by Crippen LogP contribution is -2.54. The molecule has 0 saturated carbocycles. The van der Waals surface area contributed by atoms with Crippen LogP contribution in [0.3, 0.4) is 0 Å². The van der Waals surface area contributed by atoms with E-state index in [9.17, 15) is 14.4 Å². The van der Waals surface area contributed by atoms with Crippen molar-refractivity contribution in [3.63, 3.8) is 0 Å². The van der Waals surface area contributed by atoms with Gasteiger partial charge in [0, 0.05) is 0 Å². The van der Waals surface area contributed by atoms with Crippen LogP contribution in [0.15, 0.2) is 42.0 Å². The SMILES string of the molecule is CCOc1cc(/C=C2\C(=O)NC(=S)N(c3ccc(C)c(C)c3)C2=O)ccc1O[C@@H](C)C(=O)O. The Balaban J connectivity index is 1.98. The Kier molecular flexibility index (Phi) is 7.13. The number of anilines is 1. The Morgan fingerprint density at radius 3 is 2.52 bits per heavy atom. The molecule has 2 aromatic carbocycles. The quantitative estimate of drug-likeness (QED) is 0.365. The first-order valence-electron chi connectivity index (χ1n) is 10.3. The standard InChI is InChI=1S/C24H24N2O6S/c1-5-31-20-12-16(7-9-19(20)32-15(4)23(29)30)11-18-21(27)25-24(33)26(22(18)28)17-8-6-13(2)14(3)10-17/h6-12,15H,5H2,1-4H3,(H,29,30)(H,25,27,33)/b18-11+/t15-/m0/s1. The highest BCUT2D eigenvalue weighted by Crippen LogP contribution is 2.31. The van der Waals surface area contributed by atoms with Crippen LogP contribution >= 0.6 is 12.2 Å². The molecule has 1 aliphatic heterocycles. The number of nitrogens with one attached hydrogen (secondary N) is 1. The van der Waals surface area contributed by atoms with Crippen LogP contribution in [-0.4, -0.2) is 40.7 Å². The molecule has 0 unspecified atom stereocenters. The largest absolute Gasteiger partial charge is 0.490 e. The van der Waals surface area contributed by atoms with Crippen molar-refractivity contribution >= 4 is 46.9 Å². The number of carboxylic acids is 1. The van der Waals surface area contributed by atoms with Gasteiger partial charge in [0.1, 0.15) is 5.57 Å². The molecule has 172 valence electrons. The van der Waals surface area contributed by atoms with Crippen LogP contribution in [-0.2, 0) is 14.4 Å². The summed E-state index contributed by atoms with van der Waals surface area (Å²) in [6.07, 6.45) is 0.354. The number of carboxylic acid groups (broad SMARTS) is 1. The van der Waals surface area contributed by atoms with Crippen LogP contribution in [0, 0.1) is 13.8 Å². The van der Waals surface area contributed by atoms with Gasteiger partial charge in [-0.1, -0.05) is 12.1 Å². The summed E-state index contributed by atoms with van der Waals surface area (Å²) in [4.78, 5) is 38.2. The molecule has 1 atom stereocenters. The second kappa shape index (κ2) is 9.83. The number of ether oxygens (including phenoxy) is 2. The second-order valence-corrected chi connectivity index (χ2v) is 7.85. The van der Waals surface area contributed by atoms with Crippen LogP contribution < -0.4 is 19.7 Å². The maximum atomic E-state index is 13.2. The molecule has 1 saturated heterocycles. The third-order valence-corrected chi connectivity index (χ3v) is 5.37. The number of nitrogens with zero attached hydrogens (tertiary/aromatic N) is 1. The molecule has 0 aliphatic carbocycles. The van der Waals surface area contributed by atoms with Crippen molar-refractivity contribution < 1.29 is 29.0 Å². The van der Waals surface area contributed by atoms with Crippen molar-refractivity contribution in [2.75, 3.05) is 11.5 Å². The van der Waals surface area contributed by atoms with Gasteiger partial charge in [-0.15, -0.1) is 0 Å². The van der Waals surface area contributed by atoms with Crippen molar-refractivity contribution in [2.45, 2.75) is 33.8 Å². The van der Waals surface area contributed by atoms with Crippen LogP contribution in [0.1, 0.15) is 30.5 Å². The minimum atomic E-state index is -1.12. The van der Waals surface area contributed by atoms with E-state index in [1.165, 1.54) is 24.0 Å². The van der Waals surface area contributed by atoms with Gasteiger partial charge in [-0.25, -0.2) is 4.79 Å². The number of carbonyl (C=O) groups is 3. The minimum Gasteiger partial charge on any atom is -0.490 e. The molecule has 2 aromatic rings. The Morgan fingerprint density at radius 2 is 1.88 bits per heavy atom. The van der Waals surface area contributed by atoms with E-state index >= 15 is 0 Å². The number of aliphatic carboxylic acids is 1. The predicted molar refractivity (Wildman–Crippen MR) is 127 cm³/mol. The van der Waals surface area contributed by atoms with Gasteiger partial charge in [0.2, 0.25) is 0 Å². The number of thiocarbonyl (C=S) groups is 1. The molecule has 1 aliphatic rings. The van der Waals surface area contributed by atoms with E-state index in [0.29, 0.717) is 23.6 Å². The van der Waals surface area contributed by atoms with E-state index in [1.54, 1.807) is 25.1 Å². The summed E-state index contributed by atoms with van der Waals surface area (Å²) in [6, 6.07) is 10.2. The van der Waals surface area contributed by atoms with Gasteiger partial charge in [0.25, 0.3) is 11.8 Å². The van der Waals surface area contributed by atoms with E-state index in [-0.39, 0.29) is 16.4 Å². The number of amides is 2. The van der Waals surface area contributed by atoms with E-state index in [1.807, 2.05) is 26.0 Å². The summed E-state index contributed by atoms with van der Waals surface area (Å²) in [5.74, 6) is -1.74. The molecule has 0 spiro atoms. The van der Waals surface area contributed by atoms with E-state index < -0.39 is 23.9 Å². The molecule has 2 amide bonds. The third-order valence-electron chi connectivity index (χ3n) is 5.08. The fourth-order valence-corrected chi connectivity index (χ4v) is 3.43. The van der Waals surface area contributed by atoms with Crippen molar-refractivity contribution in [3.8, 4) is 11.5 Å². The number of carbonyl (C=O) groups excluding carboxylic acids is 2. The molecule has 1 fully saturated rings. The van der Waals surface area contributed by atoms with E-state index in [0.717, 1.165) is 11.1 Å². The first kappa shape index (κ1) is 23.9. The van der Waals surface area contributed by atoms with E-state index in [4.69, 9.17) is 26.8 Å². The summed E-state index contributed by atoms with van der Waals surface area (Å²) in [7, 11) is 0. The maximum absolute atomic E-state index is 13.2. The van der Waals surface area contributed by atoms with Crippen molar-refractivity contribution in [1.82, 2.24) is 5.32 Å². The van der Waals surface area contributed by atoms with Gasteiger partial charge in [-0.2, -0.15) is 0 Å². The summed E-state index contributed by atoms with van der Waals surface area (Å²) < 4.78 is 11.0. The minimum absolute atomic E-state index is 0.00631. The zero-order valence-electron chi connectivity index (χ0n) is 18.7.